The molecule has 3 atom stereocenters. The lowest BCUT2D eigenvalue weighted by atomic mass is 9.67. The molecule has 1 spiro atoms. The lowest BCUT2D eigenvalue weighted by molar-refractivity contribution is -0.138. The maximum atomic E-state index is 12.5. The van der Waals surface area contributed by atoms with E-state index >= 15 is 0 Å². The molecule has 0 aliphatic heterocycles. The molecule has 3 rings (SSSR count). The van der Waals surface area contributed by atoms with E-state index in [2.05, 4.69) is 6.92 Å². The molecule has 3 nitrogen and oxygen atoms in total. The molecule has 0 bridgehead atoms. The number of hydrogen-bond acceptors (Lipinski definition) is 3. The highest BCUT2D eigenvalue weighted by Gasteiger charge is 2.66. The van der Waals surface area contributed by atoms with Crippen LogP contribution in [0.15, 0.2) is 22.8 Å². The molecular weight excluding hydrogens is 228 g/mol. The number of aliphatic hydroxyl groups excluding tert-OH is 1. The smallest absolute Gasteiger partial charge is 0.195 e. The molecule has 0 unspecified atom stereocenters. The van der Waals surface area contributed by atoms with E-state index in [-0.39, 0.29) is 5.78 Å². The molecule has 3 aliphatic rings. The van der Waals surface area contributed by atoms with Crippen molar-refractivity contribution in [3.05, 3.63) is 29.7 Å². The topological polar surface area (TPSA) is 57.5 Å². The van der Waals surface area contributed by atoms with Gasteiger partial charge in [-0.1, -0.05) is 18.6 Å². The van der Waals surface area contributed by atoms with Gasteiger partial charge in [0.05, 0.1) is 6.10 Å². The Balaban J connectivity index is 2.28. The second-order valence-electron chi connectivity index (χ2n) is 6.49. The SMILES string of the molecule is [CH2][C@]1(C)C=C2C(=O)[C@](C)(O)C3(CC3)C(C)=C2[C@@H]1O. The first-order chi connectivity index (χ1) is 8.15. The number of rotatable bonds is 0. The summed E-state index contributed by atoms with van der Waals surface area (Å²) in [5, 5.41) is 20.9. The predicted octanol–water partition coefficient (Wildman–Crippen LogP) is 1.56. The van der Waals surface area contributed by atoms with Gasteiger partial charge in [-0.2, -0.15) is 0 Å². The first-order valence-corrected chi connectivity index (χ1v) is 6.40. The molecule has 1 radical (unpaired) electrons. The van der Waals surface area contributed by atoms with Crippen LogP contribution in [0.3, 0.4) is 0 Å². The molecule has 18 heavy (non-hydrogen) atoms. The highest BCUT2D eigenvalue weighted by Crippen LogP contribution is 2.65. The summed E-state index contributed by atoms with van der Waals surface area (Å²) in [4.78, 5) is 12.5. The second kappa shape index (κ2) is 2.97. The first-order valence-electron chi connectivity index (χ1n) is 6.40. The predicted molar refractivity (Wildman–Crippen MR) is 67.6 cm³/mol. The first kappa shape index (κ1) is 12.1. The van der Waals surface area contributed by atoms with Crippen molar-refractivity contribution >= 4 is 5.78 Å². The number of hydrogen-bond donors (Lipinski definition) is 2. The van der Waals surface area contributed by atoms with Gasteiger partial charge in [0.2, 0.25) is 0 Å². The van der Waals surface area contributed by atoms with Crippen molar-refractivity contribution in [3.63, 3.8) is 0 Å². The number of ketones is 1. The van der Waals surface area contributed by atoms with Crippen molar-refractivity contribution in [1.29, 1.82) is 0 Å². The third-order valence-corrected chi connectivity index (χ3v) is 5.15. The molecule has 0 amide bonds. The van der Waals surface area contributed by atoms with Crippen molar-refractivity contribution < 1.29 is 15.0 Å². The van der Waals surface area contributed by atoms with Gasteiger partial charge in [0.15, 0.2) is 5.78 Å². The van der Waals surface area contributed by atoms with Gasteiger partial charge in [0, 0.05) is 16.4 Å². The largest absolute Gasteiger partial charge is 0.387 e. The zero-order chi connectivity index (χ0) is 13.5. The van der Waals surface area contributed by atoms with E-state index in [1.807, 2.05) is 13.8 Å². The highest BCUT2D eigenvalue weighted by molar-refractivity contribution is 6.09. The maximum absolute atomic E-state index is 12.5. The van der Waals surface area contributed by atoms with Gasteiger partial charge in [-0.05, 0) is 39.2 Å². The summed E-state index contributed by atoms with van der Waals surface area (Å²) in [6.07, 6.45) is 2.59. The van der Waals surface area contributed by atoms with Gasteiger partial charge in [0.1, 0.15) is 5.60 Å². The van der Waals surface area contributed by atoms with Crippen LogP contribution in [0.5, 0.6) is 0 Å². The van der Waals surface area contributed by atoms with Crippen molar-refractivity contribution in [1.82, 2.24) is 0 Å². The minimum absolute atomic E-state index is 0.257. The van der Waals surface area contributed by atoms with Crippen molar-refractivity contribution in [2.24, 2.45) is 10.8 Å². The molecular formula is C15H19O3. The van der Waals surface area contributed by atoms with E-state index in [9.17, 15) is 15.0 Å². The summed E-state index contributed by atoms with van der Waals surface area (Å²) in [7, 11) is 0. The number of carbonyl (C=O) groups is 1. The molecule has 0 aromatic rings. The van der Waals surface area contributed by atoms with Crippen molar-refractivity contribution in [3.8, 4) is 0 Å². The number of aliphatic hydroxyl groups is 2. The minimum Gasteiger partial charge on any atom is -0.387 e. The van der Waals surface area contributed by atoms with Gasteiger partial charge < -0.3 is 10.2 Å². The quantitative estimate of drug-likeness (QED) is 0.683. The summed E-state index contributed by atoms with van der Waals surface area (Å²) in [5.74, 6) is -0.257. The van der Waals surface area contributed by atoms with E-state index < -0.39 is 22.5 Å². The average molecular weight is 247 g/mol. The fourth-order valence-electron chi connectivity index (χ4n) is 3.65. The van der Waals surface area contributed by atoms with Crippen LogP contribution in [0, 0.1) is 17.8 Å². The Labute approximate surface area is 107 Å². The Bertz CT molecular complexity index is 516. The molecule has 0 aromatic carbocycles. The summed E-state index contributed by atoms with van der Waals surface area (Å²) < 4.78 is 0. The summed E-state index contributed by atoms with van der Waals surface area (Å²) >= 11 is 0. The lowest BCUT2D eigenvalue weighted by Gasteiger charge is -2.39. The van der Waals surface area contributed by atoms with Gasteiger partial charge in [-0.25, -0.2) is 0 Å². The van der Waals surface area contributed by atoms with Crippen LogP contribution < -0.4 is 0 Å². The second-order valence-corrected chi connectivity index (χ2v) is 6.49. The van der Waals surface area contributed by atoms with Gasteiger partial charge in [0.25, 0.3) is 0 Å². The van der Waals surface area contributed by atoms with Crippen LogP contribution in [0.1, 0.15) is 33.6 Å². The van der Waals surface area contributed by atoms with Crippen LogP contribution in [-0.4, -0.2) is 27.7 Å². The van der Waals surface area contributed by atoms with Crippen LogP contribution >= 0.6 is 0 Å². The normalized spacial score (nSPS) is 40.0. The maximum Gasteiger partial charge on any atom is 0.195 e. The number of fused-ring (bicyclic) bond motifs is 1. The summed E-state index contributed by atoms with van der Waals surface area (Å²) in [5.41, 5.74) is -0.317. The Morgan fingerprint density at radius 1 is 1.39 bits per heavy atom. The zero-order valence-corrected chi connectivity index (χ0v) is 11.1. The standard InChI is InChI=1S/C15H19O3/c1-8-10-9(7-13(2,3)12(10)17)11(16)14(4,18)15(8)5-6-15/h7,12,17-18H,2,5-6H2,1,3-4H3/t12-,13-,14-/m0/s1. The fraction of sp³-hybridized carbons (Fsp3) is 0.600. The fourth-order valence-corrected chi connectivity index (χ4v) is 3.65. The molecule has 3 heteroatoms. The highest BCUT2D eigenvalue weighted by atomic mass is 16.3. The van der Waals surface area contributed by atoms with Gasteiger partial charge in [-0.15, -0.1) is 0 Å². The van der Waals surface area contributed by atoms with E-state index in [0.29, 0.717) is 11.1 Å². The van der Waals surface area contributed by atoms with E-state index in [4.69, 9.17) is 0 Å². The molecule has 2 N–H and O–H groups in total. The summed E-state index contributed by atoms with van der Waals surface area (Å²) in [6, 6.07) is 0. The molecule has 3 aliphatic carbocycles. The Morgan fingerprint density at radius 2 is 1.94 bits per heavy atom. The molecule has 97 valence electrons. The average Bonchev–Trinajstić information content (AvgIpc) is 3.02. The summed E-state index contributed by atoms with van der Waals surface area (Å²) in [6.45, 7) is 9.31. The van der Waals surface area contributed by atoms with Crippen molar-refractivity contribution in [2.45, 2.75) is 45.3 Å². The molecule has 0 saturated heterocycles. The van der Waals surface area contributed by atoms with E-state index in [1.54, 1.807) is 13.0 Å². The van der Waals surface area contributed by atoms with E-state index in [1.165, 1.54) is 0 Å². The number of carbonyl (C=O) groups excluding carboxylic acids is 1. The van der Waals surface area contributed by atoms with Crippen molar-refractivity contribution in [2.75, 3.05) is 0 Å². The van der Waals surface area contributed by atoms with Crippen LogP contribution in [-0.2, 0) is 4.79 Å². The molecule has 0 heterocycles. The Kier molecular flexibility index (Phi) is 2.00. The monoisotopic (exact) mass is 247 g/mol. The van der Waals surface area contributed by atoms with Gasteiger partial charge >= 0.3 is 0 Å². The van der Waals surface area contributed by atoms with Gasteiger partial charge in [-0.3, -0.25) is 4.79 Å². The Hall–Kier alpha value is -0.930. The van der Waals surface area contributed by atoms with E-state index in [0.717, 1.165) is 18.4 Å². The third-order valence-electron chi connectivity index (χ3n) is 5.15. The molecule has 1 fully saturated rings. The van der Waals surface area contributed by atoms with Crippen LogP contribution in [0.25, 0.3) is 0 Å². The molecule has 1 saturated carbocycles. The van der Waals surface area contributed by atoms with Crippen LogP contribution in [0.2, 0.25) is 0 Å². The Morgan fingerprint density at radius 3 is 2.44 bits per heavy atom. The third kappa shape index (κ3) is 1.10. The number of Topliss-reactive ketones (excluding diaryl/α,β-unsaturated/α-hetero) is 1. The molecule has 0 aromatic heterocycles. The van der Waals surface area contributed by atoms with Crippen LogP contribution in [0.4, 0.5) is 0 Å². The minimum atomic E-state index is -1.34. The lowest BCUT2D eigenvalue weighted by Crippen LogP contribution is -2.49. The zero-order valence-electron chi connectivity index (χ0n) is 11.1.